The van der Waals surface area contributed by atoms with Crippen LogP contribution in [-0.2, 0) is 0 Å². The van der Waals surface area contributed by atoms with Gasteiger partial charge >= 0.3 is 0 Å². The van der Waals surface area contributed by atoms with E-state index in [9.17, 15) is 10.1 Å². The lowest BCUT2D eigenvalue weighted by atomic mass is 10.3. The molecular formula is C9H11N3O2. The van der Waals surface area contributed by atoms with Gasteiger partial charge in [-0.05, 0) is 18.6 Å². The van der Waals surface area contributed by atoms with Crippen LogP contribution in [0.5, 0.6) is 0 Å². The highest BCUT2D eigenvalue weighted by Gasteiger charge is 2.02. The Kier molecular flexibility index (Phi) is 3.60. The molecule has 5 heteroatoms. The lowest BCUT2D eigenvalue weighted by Gasteiger charge is -1.98. The topological polar surface area (TPSA) is 67.5 Å². The molecule has 1 aromatic carbocycles. The summed E-state index contributed by atoms with van der Waals surface area (Å²) in [6.45, 7) is 1.97. The molecule has 0 spiro atoms. The van der Waals surface area contributed by atoms with Gasteiger partial charge in [0.05, 0.1) is 10.6 Å². The number of anilines is 1. The van der Waals surface area contributed by atoms with Crippen molar-refractivity contribution in [3.8, 4) is 0 Å². The van der Waals surface area contributed by atoms with Crippen molar-refractivity contribution in [1.82, 2.24) is 0 Å². The molecule has 0 saturated carbocycles. The third kappa shape index (κ3) is 2.85. The van der Waals surface area contributed by atoms with Crippen LogP contribution in [0.4, 0.5) is 11.4 Å². The number of hydrogen-bond acceptors (Lipinski definition) is 4. The second-order valence-corrected chi connectivity index (χ2v) is 2.64. The first-order valence-corrected chi connectivity index (χ1v) is 4.26. The van der Waals surface area contributed by atoms with E-state index in [-0.39, 0.29) is 5.69 Å². The van der Waals surface area contributed by atoms with E-state index in [0.717, 1.165) is 12.1 Å². The molecule has 0 aliphatic heterocycles. The molecule has 0 fully saturated rings. The molecule has 0 bridgehead atoms. The molecule has 1 rings (SSSR count). The van der Waals surface area contributed by atoms with Crippen molar-refractivity contribution in [3.63, 3.8) is 0 Å². The molecule has 1 N–H and O–H groups in total. The van der Waals surface area contributed by atoms with Crippen molar-refractivity contribution in [3.05, 3.63) is 34.4 Å². The van der Waals surface area contributed by atoms with Gasteiger partial charge in [-0.3, -0.25) is 15.5 Å². The first-order chi connectivity index (χ1) is 6.74. The summed E-state index contributed by atoms with van der Waals surface area (Å²) in [6, 6.07) is 6.10. The Hall–Kier alpha value is -1.91. The van der Waals surface area contributed by atoms with Gasteiger partial charge in [-0.1, -0.05) is 6.92 Å². The van der Waals surface area contributed by atoms with Crippen LogP contribution in [-0.4, -0.2) is 11.1 Å². The smallest absolute Gasteiger partial charge is 0.269 e. The predicted molar refractivity (Wildman–Crippen MR) is 55.5 cm³/mol. The maximum absolute atomic E-state index is 10.3. The quantitative estimate of drug-likeness (QED) is 0.453. The Morgan fingerprint density at radius 2 is 2.14 bits per heavy atom. The summed E-state index contributed by atoms with van der Waals surface area (Å²) in [7, 11) is 0. The average Bonchev–Trinajstić information content (AvgIpc) is 2.19. The van der Waals surface area contributed by atoms with E-state index < -0.39 is 4.92 Å². The number of hydrogen-bond donors (Lipinski definition) is 1. The lowest BCUT2D eigenvalue weighted by Crippen LogP contribution is -1.90. The number of benzene rings is 1. The fourth-order valence-electron chi connectivity index (χ4n) is 0.869. The number of nitro groups is 1. The Labute approximate surface area is 81.6 Å². The maximum atomic E-state index is 10.3. The number of nitro benzene ring substituents is 1. The summed E-state index contributed by atoms with van der Waals surface area (Å²) in [6.07, 6.45) is 2.57. The van der Waals surface area contributed by atoms with Gasteiger partial charge in [0.15, 0.2) is 0 Å². The van der Waals surface area contributed by atoms with Crippen LogP contribution in [0.3, 0.4) is 0 Å². The van der Waals surface area contributed by atoms with Crippen molar-refractivity contribution < 1.29 is 4.92 Å². The molecule has 14 heavy (non-hydrogen) atoms. The van der Waals surface area contributed by atoms with E-state index >= 15 is 0 Å². The van der Waals surface area contributed by atoms with Gasteiger partial charge in [-0.2, -0.15) is 5.10 Å². The zero-order valence-corrected chi connectivity index (χ0v) is 7.80. The van der Waals surface area contributed by atoms with Crippen molar-refractivity contribution in [2.45, 2.75) is 13.3 Å². The molecule has 5 nitrogen and oxygen atoms in total. The molecule has 0 aliphatic rings. The summed E-state index contributed by atoms with van der Waals surface area (Å²) in [5.41, 5.74) is 3.57. The van der Waals surface area contributed by atoms with Gasteiger partial charge in [0.2, 0.25) is 0 Å². The fourth-order valence-corrected chi connectivity index (χ4v) is 0.869. The second kappa shape index (κ2) is 4.96. The number of rotatable bonds is 4. The van der Waals surface area contributed by atoms with Crippen molar-refractivity contribution in [1.29, 1.82) is 0 Å². The molecule has 0 aliphatic carbocycles. The Morgan fingerprint density at radius 1 is 1.50 bits per heavy atom. The van der Waals surface area contributed by atoms with Crippen molar-refractivity contribution >= 4 is 17.6 Å². The van der Waals surface area contributed by atoms with Crippen LogP contribution in [0, 0.1) is 10.1 Å². The monoisotopic (exact) mass is 193 g/mol. The first kappa shape index (κ1) is 10.2. The number of hydrazone groups is 1. The van der Waals surface area contributed by atoms with Crippen LogP contribution >= 0.6 is 0 Å². The highest BCUT2D eigenvalue weighted by atomic mass is 16.6. The normalized spacial score (nSPS) is 10.4. The standard InChI is InChI=1S/C9H11N3O2/c1-2-7-10-11-8-3-5-9(6-4-8)12(13)14/h3-7,11H,2H2,1H3/b10-7+. The second-order valence-electron chi connectivity index (χ2n) is 2.64. The van der Waals surface area contributed by atoms with Crippen LogP contribution in [0.1, 0.15) is 13.3 Å². The van der Waals surface area contributed by atoms with E-state index in [1.807, 2.05) is 6.92 Å². The molecular weight excluding hydrogens is 182 g/mol. The molecule has 0 unspecified atom stereocenters. The SMILES string of the molecule is CC/C=N/Nc1ccc([N+](=O)[O-])cc1. The minimum absolute atomic E-state index is 0.0787. The predicted octanol–water partition coefficient (Wildman–Crippen LogP) is 2.40. The van der Waals surface area contributed by atoms with Crippen LogP contribution < -0.4 is 5.43 Å². The van der Waals surface area contributed by atoms with E-state index in [1.54, 1.807) is 18.3 Å². The number of nitrogens with zero attached hydrogens (tertiary/aromatic N) is 2. The Bertz CT molecular complexity index is 332. The molecule has 0 aromatic heterocycles. The van der Waals surface area contributed by atoms with Gasteiger partial charge < -0.3 is 0 Å². The molecule has 74 valence electrons. The largest absolute Gasteiger partial charge is 0.279 e. The van der Waals surface area contributed by atoms with Crippen LogP contribution in [0.25, 0.3) is 0 Å². The first-order valence-electron chi connectivity index (χ1n) is 4.26. The minimum atomic E-state index is -0.431. The van der Waals surface area contributed by atoms with Gasteiger partial charge in [-0.15, -0.1) is 0 Å². The van der Waals surface area contributed by atoms with Gasteiger partial charge in [-0.25, -0.2) is 0 Å². The summed E-state index contributed by atoms with van der Waals surface area (Å²) in [5.74, 6) is 0. The molecule has 0 heterocycles. The van der Waals surface area contributed by atoms with E-state index in [0.29, 0.717) is 0 Å². The third-order valence-corrected chi connectivity index (χ3v) is 1.55. The summed E-state index contributed by atoms with van der Waals surface area (Å²) in [5, 5.41) is 14.2. The number of non-ortho nitro benzene ring substituents is 1. The average molecular weight is 193 g/mol. The zero-order chi connectivity index (χ0) is 10.4. The Morgan fingerprint density at radius 3 is 2.64 bits per heavy atom. The highest BCUT2D eigenvalue weighted by Crippen LogP contribution is 2.14. The summed E-state index contributed by atoms with van der Waals surface area (Å²) in [4.78, 5) is 9.90. The molecule has 1 aromatic rings. The highest BCUT2D eigenvalue weighted by molar-refractivity contribution is 5.59. The summed E-state index contributed by atoms with van der Waals surface area (Å²) >= 11 is 0. The molecule has 0 atom stereocenters. The van der Waals surface area contributed by atoms with Crippen LogP contribution in [0.2, 0.25) is 0 Å². The Balaban J connectivity index is 2.64. The van der Waals surface area contributed by atoms with Crippen molar-refractivity contribution in [2.24, 2.45) is 5.10 Å². The summed E-state index contributed by atoms with van der Waals surface area (Å²) < 4.78 is 0. The molecule has 0 radical (unpaired) electrons. The molecule has 0 saturated heterocycles. The minimum Gasteiger partial charge on any atom is -0.279 e. The van der Waals surface area contributed by atoms with Crippen LogP contribution in [0.15, 0.2) is 29.4 Å². The lowest BCUT2D eigenvalue weighted by molar-refractivity contribution is -0.384. The van der Waals surface area contributed by atoms with Crippen molar-refractivity contribution in [2.75, 3.05) is 5.43 Å². The van der Waals surface area contributed by atoms with E-state index in [4.69, 9.17) is 0 Å². The number of nitrogens with one attached hydrogen (secondary N) is 1. The fraction of sp³-hybridized carbons (Fsp3) is 0.222. The van der Waals surface area contributed by atoms with E-state index in [1.165, 1.54) is 12.1 Å². The van der Waals surface area contributed by atoms with Gasteiger partial charge in [0.1, 0.15) is 0 Å². The van der Waals surface area contributed by atoms with Gasteiger partial charge in [0, 0.05) is 18.3 Å². The third-order valence-electron chi connectivity index (χ3n) is 1.55. The molecule has 0 amide bonds. The van der Waals surface area contributed by atoms with Gasteiger partial charge in [0.25, 0.3) is 5.69 Å². The zero-order valence-electron chi connectivity index (χ0n) is 7.80. The maximum Gasteiger partial charge on any atom is 0.269 e. The van der Waals surface area contributed by atoms with E-state index in [2.05, 4.69) is 10.5 Å².